The number of piperidine rings is 1. The van der Waals surface area contributed by atoms with Crippen molar-refractivity contribution in [3.63, 3.8) is 0 Å². The summed E-state index contributed by atoms with van der Waals surface area (Å²) in [6.07, 6.45) is 3.60. The number of aromatic nitrogens is 4. The van der Waals surface area contributed by atoms with E-state index in [0.717, 1.165) is 37.4 Å². The highest BCUT2D eigenvalue weighted by Gasteiger charge is 2.32. The number of rotatable bonds is 2. The first-order valence-corrected chi connectivity index (χ1v) is 8.47. The van der Waals surface area contributed by atoms with E-state index in [4.69, 9.17) is 0 Å². The number of likely N-dealkylation sites (N-methyl/N-ethyl adjacent to an activating group) is 1. The summed E-state index contributed by atoms with van der Waals surface area (Å²) in [5, 5.41) is 4.30. The number of nitrogens with zero attached hydrogens (tertiary/aromatic N) is 6. The molecule has 0 bridgehead atoms. The molecule has 0 N–H and O–H groups in total. The Hall–Kier alpha value is -2.18. The van der Waals surface area contributed by atoms with Crippen molar-refractivity contribution >= 4 is 17.5 Å². The first kappa shape index (κ1) is 16.7. The third-order valence-electron chi connectivity index (χ3n) is 4.59. The van der Waals surface area contributed by atoms with Gasteiger partial charge >= 0.3 is 0 Å². The molecule has 1 aliphatic heterocycles. The first-order chi connectivity index (χ1) is 11.3. The summed E-state index contributed by atoms with van der Waals surface area (Å²) < 4.78 is 1.78. The Morgan fingerprint density at radius 2 is 2.12 bits per heavy atom. The van der Waals surface area contributed by atoms with Gasteiger partial charge in [0.15, 0.2) is 0 Å². The number of amides is 1. The van der Waals surface area contributed by atoms with Crippen molar-refractivity contribution < 1.29 is 4.79 Å². The lowest BCUT2D eigenvalue weighted by Gasteiger charge is -2.40. The third-order valence-corrected chi connectivity index (χ3v) is 4.59. The largest absolute Gasteiger partial charge is 0.354 e. The van der Waals surface area contributed by atoms with Crippen molar-refractivity contribution in [3.8, 4) is 0 Å². The van der Waals surface area contributed by atoms with Crippen LogP contribution in [-0.4, -0.2) is 56.6 Å². The van der Waals surface area contributed by atoms with Crippen LogP contribution in [0.5, 0.6) is 0 Å². The molecular weight excluding hydrogens is 304 g/mol. The van der Waals surface area contributed by atoms with Crippen molar-refractivity contribution in [2.24, 2.45) is 5.41 Å². The van der Waals surface area contributed by atoms with E-state index in [1.54, 1.807) is 4.52 Å². The highest BCUT2D eigenvalue weighted by atomic mass is 16.2. The Morgan fingerprint density at radius 3 is 2.83 bits per heavy atom. The molecule has 24 heavy (non-hydrogen) atoms. The molecule has 130 valence electrons. The van der Waals surface area contributed by atoms with Crippen molar-refractivity contribution in [2.45, 2.75) is 46.6 Å². The number of anilines is 1. The smallest absolute Gasteiger partial charge is 0.254 e. The Morgan fingerprint density at radius 1 is 1.38 bits per heavy atom. The summed E-state index contributed by atoms with van der Waals surface area (Å²) in [7, 11) is 1.92. The van der Waals surface area contributed by atoms with Crippen molar-refractivity contribution in [2.75, 3.05) is 25.0 Å². The van der Waals surface area contributed by atoms with E-state index < -0.39 is 0 Å². The second-order valence-electron chi connectivity index (χ2n) is 7.64. The van der Waals surface area contributed by atoms with Crippen LogP contribution in [0.2, 0.25) is 0 Å². The number of carbonyl (C=O) groups excluding carboxylic acids is 1. The van der Waals surface area contributed by atoms with Gasteiger partial charge < -0.3 is 9.80 Å². The van der Waals surface area contributed by atoms with Crippen LogP contribution >= 0.6 is 0 Å². The van der Waals surface area contributed by atoms with E-state index in [2.05, 4.69) is 20.0 Å². The van der Waals surface area contributed by atoms with E-state index in [0.29, 0.717) is 5.78 Å². The van der Waals surface area contributed by atoms with Crippen LogP contribution in [0, 0.1) is 12.3 Å². The van der Waals surface area contributed by atoms with Crippen molar-refractivity contribution in [1.82, 2.24) is 24.5 Å². The van der Waals surface area contributed by atoms with Crippen LogP contribution in [0.15, 0.2) is 12.4 Å². The lowest BCUT2D eigenvalue weighted by Crippen LogP contribution is -2.51. The van der Waals surface area contributed by atoms with Gasteiger partial charge in [0, 0.05) is 43.4 Å². The Labute approximate surface area is 142 Å². The van der Waals surface area contributed by atoms with Crippen LogP contribution in [0.3, 0.4) is 0 Å². The molecule has 7 nitrogen and oxygen atoms in total. The van der Waals surface area contributed by atoms with Gasteiger partial charge in [-0.05, 0) is 19.8 Å². The Bertz CT molecular complexity index is 747. The van der Waals surface area contributed by atoms with Gasteiger partial charge in [-0.25, -0.2) is 4.98 Å². The topological polar surface area (TPSA) is 66.6 Å². The van der Waals surface area contributed by atoms with Gasteiger partial charge in [0.1, 0.15) is 12.1 Å². The highest BCUT2D eigenvalue weighted by molar-refractivity contribution is 5.81. The van der Waals surface area contributed by atoms with Gasteiger partial charge in [0.2, 0.25) is 5.91 Å². The molecule has 2 aromatic rings. The van der Waals surface area contributed by atoms with Crippen molar-refractivity contribution in [1.29, 1.82) is 0 Å². The van der Waals surface area contributed by atoms with Gasteiger partial charge in [-0.2, -0.15) is 14.6 Å². The summed E-state index contributed by atoms with van der Waals surface area (Å²) in [5.74, 6) is 1.80. The minimum Gasteiger partial charge on any atom is -0.354 e. The lowest BCUT2D eigenvalue weighted by atomic mass is 9.93. The normalized spacial score (nSPS) is 18.9. The van der Waals surface area contributed by atoms with Crippen LogP contribution in [0.25, 0.3) is 5.78 Å². The fraction of sp³-hybridized carbons (Fsp3) is 0.647. The standard InChI is InChI=1S/C17H26N6O/c1-12-9-14(23-16(20-12)18-11-19-23)22-8-6-7-13(10-22)21(5)15(24)17(2,3)4/h9,11,13H,6-8,10H2,1-5H3. The maximum absolute atomic E-state index is 12.6. The second-order valence-corrected chi connectivity index (χ2v) is 7.64. The van der Waals surface area contributed by atoms with E-state index in [9.17, 15) is 4.79 Å². The molecule has 7 heteroatoms. The van der Waals surface area contributed by atoms with Crippen LogP contribution in [-0.2, 0) is 4.79 Å². The van der Waals surface area contributed by atoms with E-state index >= 15 is 0 Å². The molecular formula is C17H26N6O. The molecule has 0 radical (unpaired) electrons. The highest BCUT2D eigenvalue weighted by Crippen LogP contribution is 2.25. The Balaban J connectivity index is 1.85. The zero-order valence-corrected chi connectivity index (χ0v) is 15.2. The molecule has 1 saturated heterocycles. The average molecular weight is 330 g/mol. The number of hydrogen-bond donors (Lipinski definition) is 0. The summed E-state index contributed by atoms with van der Waals surface area (Å²) >= 11 is 0. The fourth-order valence-electron chi connectivity index (χ4n) is 3.31. The molecule has 3 rings (SSSR count). The molecule has 0 spiro atoms. The molecule has 0 saturated carbocycles. The number of hydrogen-bond acceptors (Lipinski definition) is 5. The summed E-state index contributed by atoms with van der Waals surface area (Å²) in [6.45, 7) is 9.63. The quantitative estimate of drug-likeness (QED) is 0.841. The average Bonchev–Trinajstić information content (AvgIpc) is 3.00. The minimum atomic E-state index is -0.358. The van der Waals surface area contributed by atoms with Gasteiger partial charge in [-0.1, -0.05) is 20.8 Å². The zero-order chi connectivity index (χ0) is 17.5. The fourth-order valence-corrected chi connectivity index (χ4v) is 3.31. The SMILES string of the molecule is Cc1cc(N2CCCC(N(C)C(=O)C(C)(C)C)C2)n2ncnc2n1. The molecule has 1 unspecified atom stereocenters. The molecule has 1 aliphatic rings. The maximum Gasteiger partial charge on any atom is 0.254 e. The summed E-state index contributed by atoms with van der Waals surface area (Å²) in [4.78, 5) is 25.4. The predicted molar refractivity (Wildman–Crippen MR) is 93.0 cm³/mol. The third kappa shape index (κ3) is 3.07. The maximum atomic E-state index is 12.6. The number of carbonyl (C=O) groups is 1. The van der Waals surface area contributed by atoms with Gasteiger partial charge in [-0.15, -0.1) is 0 Å². The molecule has 1 atom stereocenters. The van der Waals surface area contributed by atoms with Crippen LogP contribution in [0.4, 0.5) is 5.82 Å². The van der Waals surface area contributed by atoms with E-state index in [1.807, 2.05) is 45.7 Å². The molecule has 0 aliphatic carbocycles. The molecule has 2 aromatic heterocycles. The zero-order valence-electron chi connectivity index (χ0n) is 15.2. The monoisotopic (exact) mass is 330 g/mol. The van der Waals surface area contributed by atoms with Crippen LogP contribution in [0.1, 0.15) is 39.3 Å². The van der Waals surface area contributed by atoms with Gasteiger partial charge in [-0.3, -0.25) is 4.79 Å². The van der Waals surface area contributed by atoms with E-state index in [1.165, 1.54) is 6.33 Å². The summed E-state index contributed by atoms with van der Waals surface area (Å²) in [5.41, 5.74) is 0.565. The molecule has 0 aromatic carbocycles. The van der Waals surface area contributed by atoms with Crippen LogP contribution < -0.4 is 4.90 Å². The minimum absolute atomic E-state index is 0.186. The van der Waals surface area contributed by atoms with Crippen molar-refractivity contribution in [3.05, 3.63) is 18.1 Å². The molecule has 1 fully saturated rings. The van der Waals surface area contributed by atoms with Gasteiger partial charge in [0.05, 0.1) is 0 Å². The lowest BCUT2D eigenvalue weighted by molar-refractivity contribution is -0.140. The molecule has 3 heterocycles. The van der Waals surface area contributed by atoms with Gasteiger partial charge in [0.25, 0.3) is 5.78 Å². The number of fused-ring (bicyclic) bond motifs is 1. The second kappa shape index (κ2) is 6.03. The first-order valence-electron chi connectivity index (χ1n) is 8.47. The summed E-state index contributed by atoms with van der Waals surface area (Å²) in [6, 6.07) is 2.24. The molecule has 1 amide bonds. The predicted octanol–water partition coefficient (Wildman–Crippen LogP) is 1.91. The van der Waals surface area contributed by atoms with E-state index in [-0.39, 0.29) is 17.4 Å². The number of aryl methyl sites for hydroxylation is 1. The Kier molecular flexibility index (Phi) is 4.19.